The first-order chi connectivity index (χ1) is 7.72. The number of hydrogen-bond donors (Lipinski definition) is 0. The Bertz CT molecular complexity index is 544. The minimum atomic E-state index is 0.497. The zero-order chi connectivity index (χ0) is 11.3. The minimum absolute atomic E-state index is 0.497. The molecule has 0 bridgehead atoms. The average molecular weight is 235 g/mol. The topological polar surface area (TPSA) is 17.8 Å². The van der Waals surface area contributed by atoms with E-state index in [4.69, 9.17) is 11.6 Å². The highest BCUT2D eigenvalue weighted by molar-refractivity contribution is 6.16. The number of hydrogen-bond acceptors (Lipinski definition) is 1. The van der Waals surface area contributed by atoms with Crippen LogP contribution in [0.5, 0.6) is 0 Å². The van der Waals surface area contributed by atoms with Gasteiger partial charge in [-0.05, 0) is 30.9 Å². The molecule has 1 heterocycles. The molecule has 3 heteroatoms. The van der Waals surface area contributed by atoms with Gasteiger partial charge in [0.1, 0.15) is 5.82 Å². The van der Waals surface area contributed by atoms with Gasteiger partial charge in [-0.3, -0.25) is 0 Å². The normalized spacial score (nSPS) is 23.9. The summed E-state index contributed by atoms with van der Waals surface area (Å²) < 4.78 is 2.33. The largest absolute Gasteiger partial charge is 0.324 e. The quantitative estimate of drug-likeness (QED) is 0.725. The van der Waals surface area contributed by atoms with E-state index in [1.54, 1.807) is 0 Å². The van der Waals surface area contributed by atoms with Gasteiger partial charge < -0.3 is 4.57 Å². The van der Waals surface area contributed by atoms with Gasteiger partial charge in [0.05, 0.1) is 16.9 Å². The van der Waals surface area contributed by atoms with Crippen molar-refractivity contribution in [3.63, 3.8) is 0 Å². The van der Waals surface area contributed by atoms with Crippen LogP contribution in [-0.4, -0.2) is 9.55 Å². The molecule has 1 aliphatic rings. The standard InChI is InChI=1S/C13H15ClN2/c1-8-4-3-5-10-13(8)15-12(7-14)16(10)11-6-9(11)2/h3-5,9,11H,6-7H2,1-2H3. The third-order valence-corrected chi connectivity index (χ3v) is 3.75. The van der Waals surface area contributed by atoms with E-state index in [0.717, 1.165) is 17.3 Å². The van der Waals surface area contributed by atoms with Crippen LogP contribution >= 0.6 is 11.6 Å². The van der Waals surface area contributed by atoms with Crippen molar-refractivity contribution in [1.29, 1.82) is 0 Å². The molecule has 84 valence electrons. The van der Waals surface area contributed by atoms with Crippen LogP contribution in [0.1, 0.15) is 30.8 Å². The second kappa shape index (κ2) is 3.49. The maximum absolute atomic E-state index is 5.99. The summed E-state index contributed by atoms with van der Waals surface area (Å²) in [6.07, 6.45) is 1.25. The number of imidazole rings is 1. The molecule has 2 atom stereocenters. The highest BCUT2D eigenvalue weighted by Gasteiger charge is 2.36. The molecule has 0 spiro atoms. The molecule has 1 fully saturated rings. The van der Waals surface area contributed by atoms with Crippen molar-refractivity contribution < 1.29 is 0 Å². The van der Waals surface area contributed by atoms with E-state index in [9.17, 15) is 0 Å². The lowest BCUT2D eigenvalue weighted by Gasteiger charge is -2.05. The Hall–Kier alpha value is -1.02. The maximum atomic E-state index is 5.99. The number of halogens is 1. The van der Waals surface area contributed by atoms with Crippen LogP contribution in [0.4, 0.5) is 0 Å². The third kappa shape index (κ3) is 1.36. The summed E-state index contributed by atoms with van der Waals surface area (Å²) in [7, 11) is 0. The average Bonchev–Trinajstić information content (AvgIpc) is 2.86. The van der Waals surface area contributed by atoms with Crippen molar-refractivity contribution in [1.82, 2.24) is 9.55 Å². The molecule has 3 rings (SSSR count). The Morgan fingerprint density at radius 2 is 2.25 bits per heavy atom. The summed E-state index contributed by atoms with van der Waals surface area (Å²) in [5.74, 6) is 2.28. The van der Waals surface area contributed by atoms with Gasteiger partial charge in [-0.25, -0.2) is 4.98 Å². The Morgan fingerprint density at radius 3 is 2.88 bits per heavy atom. The van der Waals surface area contributed by atoms with Crippen molar-refractivity contribution in [3.8, 4) is 0 Å². The van der Waals surface area contributed by atoms with Gasteiger partial charge >= 0.3 is 0 Å². The summed E-state index contributed by atoms with van der Waals surface area (Å²) in [4.78, 5) is 4.66. The van der Waals surface area contributed by atoms with E-state index in [1.165, 1.54) is 17.5 Å². The minimum Gasteiger partial charge on any atom is -0.324 e. The van der Waals surface area contributed by atoms with Crippen LogP contribution < -0.4 is 0 Å². The van der Waals surface area contributed by atoms with Gasteiger partial charge in [0.15, 0.2) is 0 Å². The van der Waals surface area contributed by atoms with Gasteiger partial charge in [-0.1, -0.05) is 19.1 Å². The third-order valence-electron chi connectivity index (χ3n) is 3.51. The fourth-order valence-electron chi connectivity index (χ4n) is 2.43. The number of alkyl halides is 1. The van der Waals surface area contributed by atoms with Gasteiger partial charge in [0.2, 0.25) is 0 Å². The Balaban J connectivity index is 2.27. The van der Waals surface area contributed by atoms with Crippen LogP contribution in [0, 0.1) is 12.8 Å². The van der Waals surface area contributed by atoms with E-state index >= 15 is 0 Å². The predicted molar refractivity (Wildman–Crippen MR) is 66.8 cm³/mol. The number of aryl methyl sites for hydroxylation is 1. The summed E-state index contributed by atoms with van der Waals surface area (Å²) in [5.41, 5.74) is 3.58. The first-order valence-electron chi connectivity index (χ1n) is 5.74. The lowest BCUT2D eigenvalue weighted by atomic mass is 10.2. The van der Waals surface area contributed by atoms with Crippen LogP contribution in [-0.2, 0) is 5.88 Å². The maximum Gasteiger partial charge on any atom is 0.125 e. The van der Waals surface area contributed by atoms with Gasteiger partial charge in [-0.2, -0.15) is 0 Å². The zero-order valence-electron chi connectivity index (χ0n) is 9.57. The van der Waals surface area contributed by atoms with Crippen molar-refractivity contribution in [2.75, 3.05) is 0 Å². The molecule has 1 aliphatic carbocycles. The lowest BCUT2D eigenvalue weighted by Crippen LogP contribution is -2.00. The van der Waals surface area contributed by atoms with E-state index in [-0.39, 0.29) is 0 Å². The molecule has 1 aromatic heterocycles. The Kier molecular flexibility index (Phi) is 2.21. The van der Waals surface area contributed by atoms with Crippen molar-refractivity contribution in [3.05, 3.63) is 29.6 Å². The fourth-order valence-corrected chi connectivity index (χ4v) is 2.62. The molecular weight excluding hydrogens is 220 g/mol. The van der Waals surface area contributed by atoms with E-state index in [2.05, 4.69) is 41.6 Å². The van der Waals surface area contributed by atoms with Gasteiger partial charge in [-0.15, -0.1) is 11.6 Å². The Labute approximate surface area is 100 Å². The predicted octanol–water partition coefficient (Wildman–Crippen LogP) is 3.66. The molecule has 1 aromatic carbocycles. The monoisotopic (exact) mass is 234 g/mol. The molecule has 2 unspecified atom stereocenters. The Morgan fingerprint density at radius 1 is 1.50 bits per heavy atom. The van der Waals surface area contributed by atoms with Crippen molar-refractivity contribution >= 4 is 22.6 Å². The summed E-state index contributed by atoms with van der Waals surface area (Å²) in [6, 6.07) is 6.96. The van der Waals surface area contributed by atoms with E-state index in [1.807, 2.05) is 0 Å². The molecule has 16 heavy (non-hydrogen) atoms. The van der Waals surface area contributed by atoms with Crippen LogP contribution in [0.25, 0.3) is 11.0 Å². The van der Waals surface area contributed by atoms with E-state index < -0.39 is 0 Å². The number of para-hydroxylation sites is 1. The number of rotatable bonds is 2. The van der Waals surface area contributed by atoms with Crippen molar-refractivity contribution in [2.24, 2.45) is 5.92 Å². The SMILES string of the molecule is Cc1cccc2c1nc(CCl)n2C1CC1C. The molecule has 2 aromatic rings. The number of aromatic nitrogens is 2. The summed E-state index contributed by atoms with van der Waals surface area (Å²) in [6.45, 7) is 4.39. The lowest BCUT2D eigenvalue weighted by molar-refractivity contribution is 0.678. The highest BCUT2D eigenvalue weighted by atomic mass is 35.5. The first kappa shape index (κ1) is 10.2. The van der Waals surface area contributed by atoms with Gasteiger partial charge in [0.25, 0.3) is 0 Å². The smallest absolute Gasteiger partial charge is 0.125 e. The molecule has 0 amide bonds. The van der Waals surface area contributed by atoms with Crippen LogP contribution in [0.2, 0.25) is 0 Å². The molecule has 2 nitrogen and oxygen atoms in total. The highest BCUT2D eigenvalue weighted by Crippen LogP contribution is 2.45. The zero-order valence-corrected chi connectivity index (χ0v) is 10.3. The van der Waals surface area contributed by atoms with Gasteiger partial charge in [0, 0.05) is 6.04 Å². The molecule has 0 saturated heterocycles. The fraction of sp³-hybridized carbons (Fsp3) is 0.462. The van der Waals surface area contributed by atoms with Crippen molar-refractivity contribution in [2.45, 2.75) is 32.2 Å². The second-order valence-electron chi connectivity index (χ2n) is 4.75. The summed E-state index contributed by atoms with van der Waals surface area (Å²) in [5, 5.41) is 0. The molecular formula is C13H15ClN2. The molecule has 0 radical (unpaired) electrons. The molecule has 0 N–H and O–H groups in total. The summed E-state index contributed by atoms with van der Waals surface area (Å²) >= 11 is 5.99. The van der Waals surface area contributed by atoms with Crippen LogP contribution in [0.3, 0.4) is 0 Å². The van der Waals surface area contributed by atoms with Crippen LogP contribution in [0.15, 0.2) is 18.2 Å². The number of benzene rings is 1. The number of nitrogens with zero attached hydrogens (tertiary/aromatic N) is 2. The second-order valence-corrected chi connectivity index (χ2v) is 5.02. The van der Waals surface area contributed by atoms with E-state index in [0.29, 0.717) is 11.9 Å². The first-order valence-corrected chi connectivity index (χ1v) is 6.28. The molecule has 1 saturated carbocycles. The molecule has 0 aliphatic heterocycles. The number of fused-ring (bicyclic) bond motifs is 1.